The molecule has 94 valence electrons. The van der Waals surface area contributed by atoms with E-state index in [0.717, 1.165) is 0 Å². The summed E-state index contributed by atoms with van der Waals surface area (Å²) in [5.41, 5.74) is 6.13. The van der Waals surface area contributed by atoms with Gasteiger partial charge < -0.3 is 15.6 Å². The number of nitrogens with zero attached hydrogens (tertiary/aromatic N) is 2. The number of nitrogens with one attached hydrogen (secondary N) is 1. The van der Waals surface area contributed by atoms with Crippen molar-refractivity contribution in [2.75, 3.05) is 12.3 Å². The van der Waals surface area contributed by atoms with Gasteiger partial charge in [0.2, 0.25) is 5.82 Å². The summed E-state index contributed by atoms with van der Waals surface area (Å²) in [6.45, 7) is 1.94. The fourth-order valence-corrected chi connectivity index (χ4v) is 1.41. The third kappa shape index (κ3) is 2.10. The molecule has 4 N–H and O–H groups in total. The summed E-state index contributed by atoms with van der Waals surface area (Å²) < 4.78 is 4.77. The first kappa shape index (κ1) is 11.9. The van der Waals surface area contributed by atoms with Crippen LogP contribution in [0, 0.1) is 0 Å². The van der Waals surface area contributed by atoms with Crippen molar-refractivity contribution in [1.82, 2.24) is 15.2 Å². The van der Waals surface area contributed by atoms with E-state index in [4.69, 9.17) is 10.5 Å². The van der Waals surface area contributed by atoms with Crippen LogP contribution in [0.2, 0.25) is 0 Å². The number of aromatic amines is 1. The summed E-state index contributed by atoms with van der Waals surface area (Å²) >= 11 is 0. The van der Waals surface area contributed by atoms with E-state index < -0.39 is 5.97 Å². The fraction of sp³-hybridized carbons (Fsp3) is 0.182. The number of phenols is 1. The molecule has 1 aromatic heterocycles. The number of hydrogen-bond donors (Lipinski definition) is 3. The first-order chi connectivity index (χ1) is 8.63. The Morgan fingerprint density at radius 1 is 1.56 bits per heavy atom. The number of carbonyl (C=O) groups excluding carboxylic acids is 1. The van der Waals surface area contributed by atoms with Crippen molar-refractivity contribution >= 4 is 11.7 Å². The van der Waals surface area contributed by atoms with Crippen LogP contribution in [0.3, 0.4) is 0 Å². The molecule has 0 aliphatic heterocycles. The van der Waals surface area contributed by atoms with E-state index in [1.807, 2.05) is 0 Å². The van der Waals surface area contributed by atoms with Crippen molar-refractivity contribution in [2.45, 2.75) is 6.92 Å². The van der Waals surface area contributed by atoms with Gasteiger partial charge in [-0.2, -0.15) is 5.10 Å². The average molecular weight is 248 g/mol. The van der Waals surface area contributed by atoms with Gasteiger partial charge >= 0.3 is 5.97 Å². The molecule has 0 spiro atoms. The Labute approximate surface area is 103 Å². The highest BCUT2D eigenvalue weighted by atomic mass is 16.5. The van der Waals surface area contributed by atoms with Gasteiger partial charge in [0.25, 0.3) is 0 Å². The first-order valence-corrected chi connectivity index (χ1v) is 5.30. The number of ether oxygens (including phenoxy) is 1. The first-order valence-electron chi connectivity index (χ1n) is 5.30. The molecular formula is C11H12N4O3. The largest absolute Gasteiger partial charge is 0.505 e. The highest BCUT2D eigenvalue weighted by molar-refractivity contribution is 5.86. The topological polar surface area (TPSA) is 114 Å². The van der Waals surface area contributed by atoms with Crippen LogP contribution in [-0.2, 0) is 4.74 Å². The number of carbonyl (C=O) groups is 1. The summed E-state index contributed by atoms with van der Waals surface area (Å²) in [4.78, 5) is 15.3. The molecule has 7 nitrogen and oxygen atoms in total. The molecule has 2 rings (SSSR count). The number of para-hydroxylation sites is 1. The number of rotatable bonds is 3. The van der Waals surface area contributed by atoms with E-state index in [-0.39, 0.29) is 29.7 Å². The minimum absolute atomic E-state index is 0.0197. The number of benzene rings is 1. The van der Waals surface area contributed by atoms with Gasteiger partial charge in [-0.05, 0) is 19.1 Å². The highest BCUT2D eigenvalue weighted by Crippen LogP contribution is 2.31. The second kappa shape index (κ2) is 4.74. The number of aromatic nitrogens is 3. The Morgan fingerprint density at radius 2 is 2.33 bits per heavy atom. The number of H-pyrrole nitrogens is 1. The van der Waals surface area contributed by atoms with E-state index in [2.05, 4.69) is 15.2 Å². The van der Waals surface area contributed by atoms with Crippen molar-refractivity contribution in [1.29, 1.82) is 0 Å². The van der Waals surface area contributed by atoms with Crippen LogP contribution in [0.1, 0.15) is 17.5 Å². The van der Waals surface area contributed by atoms with Gasteiger partial charge in [-0.3, -0.25) is 5.10 Å². The third-order valence-corrected chi connectivity index (χ3v) is 2.26. The van der Waals surface area contributed by atoms with E-state index in [0.29, 0.717) is 5.56 Å². The molecule has 1 aromatic carbocycles. The molecule has 0 radical (unpaired) electrons. The maximum atomic E-state index is 11.4. The van der Waals surface area contributed by atoms with Gasteiger partial charge in [-0.15, -0.1) is 0 Å². The smallest absolute Gasteiger partial charge is 0.375 e. The maximum Gasteiger partial charge on any atom is 0.375 e. The minimum Gasteiger partial charge on any atom is -0.505 e. The van der Waals surface area contributed by atoms with Crippen LogP contribution in [-0.4, -0.2) is 32.9 Å². The van der Waals surface area contributed by atoms with E-state index in [1.165, 1.54) is 0 Å². The van der Waals surface area contributed by atoms with Crippen LogP contribution < -0.4 is 5.73 Å². The second-order valence-electron chi connectivity index (χ2n) is 3.47. The Hall–Kier alpha value is -2.57. The summed E-state index contributed by atoms with van der Waals surface area (Å²) in [6, 6.07) is 4.81. The van der Waals surface area contributed by atoms with Crippen LogP contribution in [0.4, 0.5) is 5.69 Å². The Balaban J connectivity index is 2.35. The van der Waals surface area contributed by atoms with Crippen molar-refractivity contribution in [3.63, 3.8) is 0 Å². The molecule has 0 bridgehead atoms. The van der Waals surface area contributed by atoms with Gasteiger partial charge in [0.15, 0.2) is 5.82 Å². The number of nitrogen functional groups attached to an aromatic ring is 1. The third-order valence-electron chi connectivity index (χ3n) is 2.26. The van der Waals surface area contributed by atoms with Gasteiger partial charge in [0.1, 0.15) is 5.75 Å². The quantitative estimate of drug-likeness (QED) is 0.423. The monoisotopic (exact) mass is 248 g/mol. The molecule has 0 atom stereocenters. The van der Waals surface area contributed by atoms with Gasteiger partial charge in [0, 0.05) is 0 Å². The number of nitrogens with two attached hydrogens (primary N) is 1. The number of anilines is 1. The molecule has 1 heterocycles. The van der Waals surface area contributed by atoms with Crippen LogP contribution in [0.5, 0.6) is 5.75 Å². The molecule has 0 fully saturated rings. The summed E-state index contributed by atoms with van der Waals surface area (Å²) in [7, 11) is 0. The Kier molecular flexibility index (Phi) is 3.13. The lowest BCUT2D eigenvalue weighted by Crippen LogP contribution is -2.06. The van der Waals surface area contributed by atoms with E-state index >= 15 is 0 Å². The van der Waals surface area contributed by atoms with Crippen molar-refractivity contribution in [3.05, 3.63) is 24.0 Å². The number of hydrogen-bond acceptors (Lipinski definition) is 6. The van der Waals surface area contributed by atoms with Crippen LogP contribution in [0.25, 0.3) is 11.4 Å². The van der Waals surface area contributed by atoms with Crippen molar-refractivity contribution < 1.29 is 14.6 Å². The molecular weight excluding hydrogens is 236 g/mol. The van der Waals surface area contributed by atoms with Crippen molar-refractivity contribution in [2.24, 2.45) is 0 Å². The molecule has 0 unspecified atom stereocenters. The predicted octanol–water partition coefficient (Wildman–Crippen LogP) is 0.936. The molecule has 18 heavy (non-hydrogen) atoms. The predicted molar refractivity (Wildman–Crippen MR) is 63.9 cm³/mol. The van der Waals surface area contributed by atoms with Gasteiger partial charge in [-0.25, -0.2) is 9.78 Å². The average Bonchev–Trinajstić information content (AvgIpc) is 2.82. The Morgan fingerprint density at radius 3 is 3.06 bits per heavy atom. The SMILES string of the molecule is CCOC(=O)c1nc(-c2cccc(N)c2O)n[nH]1. The normalized spacial score (nSPS) is 10.3. The molecule has 0 amide bonds. The second-order valence-corrected chi connectivity index (χ2v) is 3.47. The van der Waals surface area contributed by atoms with E-state index in [9.17, 15) is 9.90 Å². The van der Waals surface area contributed by atoms with Crippen molar-refractivity contribution in [3.8, 4) is 17.1 Å². The lowest BCUT2D eigenvalue weighted by molar-refractivity contribution is 0.0512. The summed E-state index contributed by atoms with van der Waals surface area (Å²) in [5, 5.41) is 16.1. The maximum absolute atomic E-state index is 11.4. The molecule has 0 aliphatic carbocycles. The lowest BCUT2D eigenvalue weighted by atomic mass is 10.1. The summed E-state index contributed by atoms with van der Waals surface area (Å²) in [6.07, 6.45) is 0. The van der Waals surface area contributed by atoms with Gasteiger partial charge in [0.05, 0.1) is 17.9 Å². The zero-order valence-corrected chi connectivity index (χ0v) is 9.67. The standard InChI is InChI=1S/C11H12N4O3/c1-2-18-11(17)10-13-9(14-15-10)6-4-3-5-7(12)8(6)16/h3-5,16H,2,12H2,1H3,(H,13,14,15). The lowest BCUT2D eigenvalue weighted by Gasteiger charge is -2.02. The number of aromatic hydroxyl groups is 1. The van der Waals surface area contributed by atoms with E-state index in [1.54, 1.807) is 25.1 Å². The molecule has 0 saturated heterocycles. The zero-order chi connectivity index (χ0) is 13.1. The summed E-state index contributed by atoms with van der Waals surface area (Å²) in [5.74, 6) is -0.553. The molecule has 0 aliphatic rings. The molecule has 7 heteroatoms. The Bertz CT molecular complexity index is 579. The molecule has 2 aromatic rings. The van der Waals surface area contributed by atoms with Gasteiger partial charge in [-0.1, -0.05) is 6.07 Å². The number of phenolic OH excluding ortho intramolecular Hbond substituents is 1. The minimum atomic E-state index is -0.598. The zero-order valence-electron chi connectivity index (χ0n) is 9.67. The number of esters is 1. The van der Waals surface area contributed by atoms with Crippen LogP contribution in [0.15, 0.2) is 18.2 Å². The van der Waals surface area contributed by atoms with Crippen LogP contribution >= 0.6 is 0 Å². The fourth-order valence-electron chi connectivity index (χ4n) is 1.41. The highest BCUT2D eigenvalue weighted by Gasteiger charge is 2.16. The molecule has 0 saturated carbocycles.